The molecule has 1 aliphatic rings. The third-order valence-corrected chi connectivity index (χ3v) is 2.93. The van der Waals surface area contributed by atoms with E-state index in [9.17, 15) is 13.2 Å². The molecule has 20 heavy (non-hydrogen) atoms. The van der Waals surface area contributed by atoms with E-state index in [0.29, 0.717) is 30.3 Å². The van der Waals surface area contributed by atoms with Gasteiger partial charge in [0, 0.05) is 12.0 Å². The molecule has 1 aromatic carbocycles. The summed E-state index contributed by atoms with van der Waals surface area (Å²) in [4.78, 5) is 0. The van der Waals surface area contributed by atoms with Crippen molar-refractivity contribution in [2.45, 2.75) is 12.6 Å². The van der Waals surface area contributed by atoms with Gasteiger partial charge in [-0.15, -0.1) is 0 Å². The van der Waals surface area contributed by atoms with E-state index in [1.165, 1.54) is 0 Å². The molecule has 1 aromatic heterocycles. The van der Waals surface area contributed by atoms with Crippen molar-refractivity contribution in [2.75, 3.05) is 13.2 Å². The van der Waals surface area contributed by atoms with Gasteiger partial charge in [0.25, 0.3) is 0 Å². The number of halogens is 3. The number of alkyl halides is 3. The molecule has 1 aliphatic heterocycles. The Morgan fingerprint density at radius 2 is 1.80 bits per heavy atom. The first-order chi connectivity index (χ1) is 9.54. The number of ether oxygens (including phenoxy) is 2. The Labute approximate surface area is 112 Å². The molecule has 0 radical (unpaired) electrons. The van der Waals surface area contributed by atoms with Gasteiger partial charge < -0.3 is 9.47 Å². The molecule has 0 saturated carbocycles. The molecule has 0 atom stereocenters. The average Bonchev–Trinajstić information content (AvgIpc) is 2.78. The van der Waals surface area contributed by atoms with Crippen molar-refractivity contribution in [3.05, 3.63) is 30.0 Å². The SMILES string of the molecule is FC(F)(F)c1cc(-c2ccc3c(c2)OCCCO3)n[nH]1. The van der Waals surface area contributed by atoms with E-state index in [4.69, 9.17) is 9.47 Å². The van der Waals surface area contributed by atoms with Crippen LogP contribution in [0.3, 0.4) is 0 Å². The monoisotopic (exact) mass is 284 g/mol. The van der Waals surface area contributed by atoms with Crippen LogP contribution in [0.1, 0.15) is 12.1 Å². The number of rotatable bonds is 1. The zero-order valence-electron chi connectivity index (χ0n) is 10.3. The van der Waals surface area contributed by atoms with E-state index in [0.717, 1.165) is 12.5 Å². The summed E-state index contributed by atoms with van der Waals surface area (Å²) in [6, 6.07) is 5.94. The van der Waals surface area contributed by atoms with Crippen molar-refractivity contribution in [3.8, 4) is 22.8 Å². The van der Waals surface area contributed by atoms with Gasteiger partial charge in [-0.25, -0.2) is 0 Å². The summed E-state index contributed by atoms with van der Waals surface area (Å²) in [6.07, 6.45) is -3.67. The van der Waals surface area contributed by atoms with E-state index in [1.54, 1.807) is 18.2 Å². The topological polar surface area (TPSA) is 47.1 Å². The zero-order valence-corrected chi connectivity index (χ0v) is 10.3. The molecule has 1 N–H and O–H groups in total. The number of nitrogens with zero attached hydrogens (tertiary/aromatic N) is 1. The van der Waals surface area contributed by atoms with Crippen LogP contribution in [-0.4, -0.2) is 23.4 Å². The average molecular weight is 284 g/mol. The molecule has 0 fully saturated rings. The first-order valence-electron chi connectivity index (χ1n) is 6.07. The van der Waals surface area contributed by atoms with Crippen LogP contribution in [0.25, 0.3) is 11.3 Å². The molecule has 3 rings (SSSR count). The fourth-order valence-corrected chi connectivity index (χ4v) is 1.94. The maximum atomic E-state index is 12.5. The van der Waals surface area contributed by atoms with Crippen molar-refractivity contribution >= 4 is 0 Å². The van der Waals surface area contributed by atoms with Crippen LogP contribution in [0.5, 0.6) is 11.5 Å². The molecule has 2 aromatic rings. The highest BCUT2D eigenvalue weighted by molar-refractivity contribution is 5.64. The van der Waals surface area contributed by atoms with Crippen LogP contribution in [0.4, 0.5) is 13.2 Å². The van der Waals surface area contributed by atoms with Gasteiger partial charge in [0.1, 0.15) is 5.69 Å². The lowest BCUT2D eigenvalue weighted by Crippen LogP contribution is -2.04. The number of aromatic nitrogens is 2. The maximum Gasteiger partial charge on any atom is 0.432 e. The van der Waals surface area contributed by atoms with Crippen LogP contribution < -0.4 is 9.47 Å². The van der Waals surface area contributed by atoms with E-state index in [2.05, 4.69) is 5.10 Å². The number of hydrogen-bond donors (Lipinski definition) is 1. The van der Waals surface area contributed by atoms with Crippen LogP contribution in [0, 0.1) is 0 Å². The van der Waals surface area contributed by atoms with Crippen LogP contribution in [0.2, 0.25) is 0 Å². The van der Waals surface area contributed by atoms with Crippen LogP contribution in [-0.2, 0) is 6.18 Å². The second-order valence-corrected chi connectivity index (χ2v) is 4.38. The van der Waals surface area contributed by atoms with Gasteiger partial charge in [-0.1, -0.05) is 0 Å². The second kappa shape index (κ2) is 4.73. The van der Waals surface area contributed by atoms with Gasteiger partial charge >= 0.3 is 6.18 Å². The standard InChI is InChI=1S/C13H11F3N2O2/c14-13(15,16)12-7-9(17-18-12)8-2-3-10-11(6-8)20-5-1-4-19-10/h2-3,6-7H,1,4-5H2,(H,17,18). The molecular formula is C13H11F3N2O2. The summed E-state index contributed by atoms with van der Waals surface area (Å²) in [7, 11) is 0. The Balaban J connectivity index is 1.94. The summed E-state index contributed by atoms with van der Waals surface area (Å²) in [5.74, 6) is 1.12. The molecule has 0 amide bonds. The minimum atomic E-state index is -4.43. The van der Waals surface area contributed by atoms with Crippen molar-refractivity contribution < 1.29 is 22.6 Å². The first-order valence-corrected chi connectivity index (χ1v) is 6.07. The molecule has 0 saturated heterocycles. The van der Waals surface area contributed by atoms with Gasteiger partial charge in [0.15, 0.2) is 11.5 Å². The lowest BCUT2D eigenvalue weighted by atomic mass is 10.1. The highest BCUT2D eigenvalue weighted by Gasteiger charge is 2.33. The smallest absolute Gasteiger partial charge is 0.432 e. The minimum Gasteiger partial charge on any atom is -0.490 e. The second-order valence-electron chi connectivity index (χ2n) is 4.38. The predicted octanol–water partition coefficient (Wildman–Crippen LogP) is 3.26. The van der Waals surface area contributed by atoms with Gasteiger partial charge in [0.05, 0.1) is 18.9 Å². The van der Waals surface area contributed by atoms with Crippen molar-refractivity contribution in [2.24, 2.45) is 0 Å². The van der Waals surface area contributed by atoms with E-state index >= 15 is 0 Å². The van der Waals surface area contributed by atoms with E-state index in [-0.39, 0.29) is 5.69 Å². The number of hydrogen-bond acceptors (Lipinski definition) is 3. The number of H-pyrrole nitrogens is 1. The lowest BCUT2D eigenvalue weighted by Gasteiger charge is -2.08. The Bertz CT molecular complexity index is 622. The predicted molar refractivity (Wildman–Crippen MR) is 64.6 cm³/mol. The van der Waals surface area contributed by atoms with Gasteiger partial charge in [0.2, 0.25) is 0 Å². The normalized spacial score (nSPS) is 14.9. The molecular weight excluding hydrogens is 273 g/mol. The lowest BCUT2D eigenvalue weighted by molar-refractivity contribution is -0.141. The van der Waals surface area contributed by atoms with Crippen LogP contribution >= 0.6 is 0 Å². The van der Waals surface area contributed by atoms with Gasteiger partial charge in [-0.3, -0.25) is 5.10 Å². The molecule has 2 heterocycles. The first kappa shape index (κ1) is 12.8. The third-order valence-electron chi connectivity index (χ3n) is 2.93. The molecule has 0 aliphatic carbocycles. The Morgan fingerprint density at radius 3 is 2.50 bits per heavy atom. The van der Waals surface area contributed by atoms with Crippen LogP contribution in [0.15, 0.2) is 24.3 Å². The summed E-state index contributed by atoms with van der Waals surface area (Å²) < 4.78 is 48.5. The fraction of sp³-hybridized carbons (Fsp3) is 0.308. The fourth-order valence-electron chi connectivity index (χ4n) is 1.94. The number of aromatic amines is 1. The molecule has 0 spiro atoms. The Morgan fingerprint density at radius 1 is 1.05 bits per heavy atom. The molecule has 106 valence electrons. The largest absolute Gasteiger partial charge is 0.490 e. The summed E-state index contributed by atoms with van der Waals surface area (Å²) in [5, 5.41) is 5.67. The van der Waals surface area contributed by atoms with Crippen molar-refractivity contribution in [3.63, 3.8) is 0 Å². The summed E-state index contributed by atoms with van der Waals surface area (Å²) >= 11 is 0. The number of benzene rings is 1. The van der Waals surface area contributed by atoms with Gasteiger partial charge in [-0.05, 0) is 24.3 Å². The van der Waals surface area contributed by atoms with Gasteiger partial charge in [-0.2, -0.15) is 18.3 Å². The number of nitrogens with one attached hydrogen (secondary N) is 1. The Hall–Kier alpha value is -2.18. The Kier molecular flexibility index (Phi) is 3.04. The maximum absolute atomic E-state index is 12.5. The summed E-state index contributed by atoms with van der Waals surface area (Å²) in [6.45, 7) is 1.08. The van der Waals surface area contributed by atoms with E-state index in [1.807, 2.05) is 5.10 Å². The third kappa shape index (κ3) is 2.43. The molecule has 0 bridgehead atoms. The number of fused-ring (bicyclic) bond motifs is 1. The molecule has 4 nitrogen and oxygen atoms in total. The highest BCUT2D eigenvalue weighted by Crippen LogP contribution is 2.35. The summed E-state index contributed by atoms with van der Waals surface area (Å²) in [5.41, 5.74) is -0.117. The molecule has 7 heteroatoms. The highest BCUT2D eigenvalue weighted by atomic mass is 19.4. The van der Waals surface area contributed by atoms with Crippen molar-refractivity contribution in [1.29, 1.82) is 0 Å². The minimum absolute atomic E-state index is 0.216. The quantitative estimate of drug-likeness (QED) is 0.874. The molecule has 0 unspecified atom stereocenters. The van der Waals surface area contributed by atoms with Crippen molar-refractivity contribution in [1.82, 2.24) is 10.2 Å². The van der Waals surface area contributed by atoms with E-state index < -0.39 is 11.9 Å². The zero-order chi connectivity index (χ0) is 14.2.